The zero-order valence-corrected chi connectivity index (χ0v) is 16.4. The normalized spacial score (nSPS) is 10.3. The molecule has 1 amide bonds. The number of anilines is 3. The Kier molecular flexibility index (Phi) is 5.96. The van der Waals surface area contributed by atoms with E-state index in [2.05, 4.69) is 20.6 Å². The van der Waals surface area contributed by atoms with Crippen LogP contribution in [0.3, 0.4) is 0 Å². The average Bonchev–Trinajstić information content (AvgIpc) is 2.70. The molecule has 144 valence electrons. The van der Waals surface area contributed by atoms with E-state index in [1.54, 1.807) is 37.4 Å². The largest absolute Gasteiger partial charge is 0.493 e. The topological polar surface area (TPSA) is 85.4 Å². The van der Waals surface area contributed by atoms with E-state index >= 15 is 0 Å². The second-order valence-electron chi connectivity index (χ2n) is 5.87. The summed E-state index contributed by atoms with van der Waals surface area (Å²) in [7, 11) is 3.08. The summed E-state index contributed by atoms with van der Waals surface area (Å²) in [6, 6.07) is 12.1. The second kappa shape index (κ2) is 8.58. The van der Waals surface area contributed by atoms with Crippen LogP contribution in [-0.2, 0) is 0 Å². The molecule has 7 nitrogen and oxygen atoms in total. The number of methoxy groups -OCH3 is 2. The summed E-state index contributed by atoms with van der Waals surface area (Å²) in [5, 5.41) is 6.46. The molecular weight excluding hydrogens is 380 g/mol. The van der Waals surface area contributed by atoms with Gasteiger partial charge in [-0.3, -0.25) is 4.79 Å². The number of ether oxygens (including phenoxy) is 2. The molecule has 0 aliphatic carbocycles. The van der Waals surface area contributed by atoms with Crippen molar-refractivity contribution in [2.75, 3.05) is 24.9 Å². The van der Waals surface area contributed by atoms with E-state index in [1.807, 2.05) is 13.0 Å². The molecule has 0 radical (unpaired) electrons. The first-order chi connectivity index (χ1) is 13.5. The third kappa shape index (κ3) is 4.50. The zero-order chi connectivity index (χ0) is 20.1. The van der Waals surface area contributed by atoms with Crippen molar-refractivity contribution in [3.05, 3.63) is 64.9 Å². The van der Waals surface area contributed by atoms with E-state index in [4.69, 9.17) is 21.1 Å². The van der Waals surface area contributed by atoms with Crippen LogP contribution in [0.15, 0.2) is 48.7 Å². The smallest absolute Gasteiger partial charge is 0.274 e. The lowest BCUT2D eigenvalue weighted by Crippen LogP contribution is -2.15. The molecule has 1 aromatic heterocycles. The van der Waals surface area contributed by atoms with Crippen molar-refractivity contribution in [1.82, 2.24) is 9.97 Å². The van der Waals surface area contributed by atoms with Crippen LogP contribution in [-0.4, -0.2) is 30.1 Å². The molecule has 28 heavy (non-hydrogen) atoms. The van der Waals surface area contributed by atoms with Crippen molar-refractivity contribution in [3.8, 4) is 11.5 Å². The second-order valence-corrected chi connectivity index (χ2v) is 6.31. The van der Waals surface area contributed by atoms with Crippen LogP contribution in [0.5, 0.6) is 11.5 Å². The van der Waals surface area contributed by atoms with Gasteiger partial charge in [0, 0.05) is 28.7 Å². The van der Waals surface area contributed by atoms with Gasteiger partial charge in [-0.25, -0.2) is 9.97 Å². The summed E-state index contributed by atoms with van der Waals surface area (Å²) < 4.78 is 10.4. The number of hydrogen-bond donors (Lipinski definition) is 2. The summed E-state index contributed by atoms with van der Waals surface area (Å²) >= 11 is 6.04. The van der Waals surface area contributed by atoms with Crippen LogP contribution in [0.1, 0.15) is 16.1 Å². The van der Waals surface area contributed by atoms with E-state index in [1.165, 1.54) is 19.4 Å². The number of aromatic nitrogens is 2. The highest BCUT2D eigenvalue weighted by Crippen LogP contribution is 2.30. The lowest BCUT2D eigenvalue weighted by Gasteiger charge is -2.11. The molecule has 1 heterocycles. The van der Waals surface area contributed by atoms with Gasteiger partial charge in [-0.15, -0.1) is 0 Å². The molecule has 3 rings (SSSR count). The van der Waals surface area contributed by atoms with Crippen LogP contribution >= 0.6 is 11.6 Å². The summed E-state index contributed by atoms with van der Waals surface area (Å²) in [6.45, 7) is 1.94. The molecule has 0 saturated heterocycles. The number of carbonyl (C=O) groups is 1. The molecule has 8 heteroatoms. The van der Waals surface area contributed by atoms with Gasteiger partial charge in [0.1, 0.15) is 5.69 Å². The van der Waals surface area contributed by atoms with Gasteiger partial charge in [0.15, 0.2) is 11.5 Å². The van der Waals surface area contributed by atoms with Gasteiger partial charge in [0.05, 0.1) is 14.2 Å². The van der Waals surface area contributed by atoms with Crippen molar-refractivity contribution >= 4 is 34.8 Å². The standard InChI is InChI=1S/C20H19ClN4O3/c1-12-4-5-13(21)10-16(12)25-20-22-9-8-15(24-20)19(26)23-14-6-7-17(27-2)18(11-14)28-3/h4-11H,1-3H3,(H,23,26)(H,22,24,25). The zero-order valence-electron chi connectivity index (χ0n) is 15.6. The Hall–Kier alpha value is -3.32. The van der Waals surface area contributed by atoms with Crippen molar-refractivity contribution in [1.29, 1.82) is 0 Å². The van der Waals surface area contributed by atoms with Gasteiger partial charge in [0.25, 0.3) is 5.91 Å². The molecule has 0 fully saturated rings. The predicted molar refractivity (Wildman–Crippen MR) is 109 cm³/mol. The Morgan fingerprint density at radius 3 is 2.57 bits per heavy atom. The first-order valence-corrected chi connectivity index (χ1v) is 8.77. The molecule has 0 atom stereocenters. The first-order valence-electron chi connectivity index (χ1n) is 8.39. The number of benzene rings is 2. The molecular formula is C20H19ClN4O3. The summed E-state index contributed by atoms with van der Waals surface area (Å²) in [4.78, 5) is 21.0. The number of nitrogens with zero attached hydrogens (tertiary/aromatic N) is 2. The highest BCUT2D eigenvalue weighted by molar-refractivity contribution is 6.30. The third-order valence-electron chi connectivity index (χ3n) is 3.98. The number of amides is 1. The lowest BCUT2D eigenvalue weighted by molar-refractivity contribution is 0.102. The minimum atomic E-state index is -0.375. The van der Waals surface area contributed by atoms with Crippen molar-refractivity contribution in [2.24, 2.45) is 0 Å². The van der Waals surface area contributed by atoms with Crippen LogP contribution in [0.4, 0.5) is 17.3 Å². The maximum absolute atomic E-state index is 12.6. The maximum atomic E-state index is 12.6. The Bertz CT molecular complexity index is 1010. The molecule has 3 aromatic rings. The van der Waals surface area contributed by atoms with Gasteiger partial charge in [0.2, 0.25) is 5.95 Å². The number of halogens is 1. The van der Waals surface area contributed by atoms with Gasteiger partial charge in [-0.1, -0.05) is 17.7 Å². The van der Waals surface area contributed by atoms with Crippen molar-refractivity contribution < 1.29 is 14.3 Å². The first kappa shape index (κ1) is 19.4. The van der Waals surface area contributed by atoms with Crippen LogP contribution in [0, 0.1) is 6.92 Å². The Morgan fingerprint density at radius 1 is 1.04 bits per heavy atom. The van der Waals surface area contributed by atoms with Crippen LogP contribution in [0.25, 0.3) is 0 Å². The number of carbonyl (C=O) groups excluding carboxylic acids is 1. The predicted octanol–water partition coefficient (Wildman–Crippen LogP) is 4.45. The molecule has 2 N–H and O–H groups in total. The quantitative estimate of drug-likeness (QED) is 0.638. The fraction of sp³-hybridized carbons (Fsp3) is 0.150. The van der Waals surface area contributed by atoms with E-state index < -0.39 is 0 Å². The van der Waals surface area contributed by atoms with Gasteiger partial charge in [-0.2, -0.15) is 0 Å². The number of hydrogen-bond acceptors (Lipinski definition) is 6. The molecule has 2 aromatic carbocycles. The third-order valence-corrected chi connectivity index (χ3v) is 4.21. The Morgan fingerprint density at radius 2 is 1.82 bits per heavy atom. The molecule has 0 spiro atoms. The van der Waals surface area contributed by atoms with Crippen LogP contribution < -0.4 is 20.1 Å². The van der Waals surface area contributed by atoms with E-state index in [0.717, 1.165) is 11.3 Å². The SMILES string of the molecule is COc1ccc(NC(=O)c2ccnc(Nc3cc(Cl)ccc3C)n2)cc1OC. The van der Waals surface area contributed by atoms with Gasteiger partial charge >= 0.3 is 0 Å². The minimum absolute atomic E-state index is 0.215. The van der Waals surface area contributed by atoms with Crippen molar-refractivity contribution in [3.63, 3.8) is 0 Å². The molecule has 0 unspecified atom stereocenters. The van der Waals surface area contributed by atoms with E-state index in [9.17, 15) is 4.79 Å². The highest BCUT2D eigenvalue weighted by atomic mass is 35.5. The fourth-order valence-electron chi connectivity index (χ4n) is 2.50. The van der Waals surface area contributed by atoms with Crippen LogP contribution in [0.2, 0.25) is 5.02 Å². The summed E-state index contributed by atoms with van der Waals surface area (Å²) in [5.74, 6) is 1.01. The number of nitrogens with one attached hydrogen (secondary N) is 2. The summed E-state index contributed by atoms with van der Waals surface area (Å²) in [6.07, 6.45) is 1.51. The molecule has 0 aliphatic heterocycles. The number of aryl methyl sites for hydroxylation is 1. The monoisotopic (exact) mass is 398 g/mol. The maximum Gasteiger partial charge on any atom is 0.274 e. The van der Waals surface area contributed by atoms with Gasteiger partial charge < -0.3 is 20.1 Å². The van der Waals surface area contributed by atoms with E-state index in [0.29, 0.717) is 28.2 Å². The average molecular weight is 399 g/mol. The minimum Gasteiger partial charge on any atom is -0.493 e. The number of rotatable bonds is 6. The summed E-state index contributed by atoms with van der Waals surface area (Å²) in [5.41, 5.74) is 2.52. The molecule has 0 bridgehead atoms. The van der Waals surface area contributed by atoms with Gasteiger partial charge in [-0.05, 0) is 42.8 Å². The van der Waals surface area contributed by atoms with E-state index in [-0.39, 0.29) is 11.6 Å². The van der Waals surface area contributed by atoms with Crippen molar-refractivity contribution in [2.45, 2.75) is 6.92 Å². The molecule has 0 saturated carbocycles. The Balaban J connectivity index is 1.78. The fourth-order valence-corrected chi connectivity index (χ4v) is 2.68. The Labute approximate surface area is 167 Å². The molecule has 0 aliphatic rings. The highest BCUT2D eigenvalue weighted by Gasteiger charge is 2.12. The lowest BCUT2D eigenvalue weighted by atomic mass is 10.2.